The molecule has 4 nitrogen and oxygen atoms in total. The number of nitrogens with zero attached hydrogens (tertiary/aromatic N) is 2. The van der Waals surface area contributed by atoms with Crippen molar-refractivity contribution in [1.29, 1.82) is 0 Å². The smallest absolute Gasteiger partial charge is 0.220 e. The topological polar surface area (TPSA) is 54.9 Å². The quantitative estimate of drug-likeness (QED) is 0.891. The first-order valence-electron chi connectivity index (χ1n) is 6.31. The van der Waals surface area contributed by atoms with E-state index in [1.165, 1.54) is 0 Å². The zero-order chi connectivity index (χ0) is 13.5. The molecule has 0 bridgehead atoms. The van der Waals surface area contributed by atoms with Crippen LogP contribution >= 0.6 is 0 Å². The molecule has 98 valence electrons. The second kappa shape index (κ2) is 6.64. The van der Waals surface area contributed by atoms with Crippen molar-refractivity contribution in [2.45, 2.75) is 25.8 Å². The van der Waals surface area contributed by atoms with Gasteiger partial charge in [0.1, 0.15) is 0 Å². The predicted molar refractivity (Wildman–Crippen MR) is 73.4 cm³/mol. The highest BCUT2D eigenvalue weighted by Gasteiger charge is 2.10. The SMILES string of the molecule is CC(CC(=O)NCc1ccncc1)c1cccnc1. The van der Waals surface area contributed by atoms with Crippen LogP contribution in [0.1, 0.15) is 30.4 Å². The van der Waals surface area contributed by atoms with Gasteiger partial charge in [-0.25, -0.2) is 0 Å². The minimum atomic E-state index is 0.0492. The summed E-state index contributed by atoms with van der Waals surface area (Å²) in [6, 6.07) is 7.67. The van der Waals surface area contributed by atoms with Crippen LogP contribution in [0.15, 0.2) is 49.1 Å². The molecule has 0 fully saturated rings. The molecule has 0 aromatic carbocycles. The first-order chi connectivity index (χ1) is 9.25. The molecule has 0 aliphatic heterocycles. The molecule has 0 saturated heterocycles. The van der Waals surface area contributed by atoms with Gasteiger partial charge in [0.25, 0.3) is 0 Å². The predicted octanol–water partition coefficient (Wildman–Crippen LogP) is 2.29. The second-order valence-electron chi connectivity index (χ2n) is 4.52. The molecule has 1 unspecified atom stereocenters. The molecular formula is C15H17N3O. The first-order valence-corrected chi connectivity index (χ1v) is 6.31. The van der Waals surface area contributed by atoms with Gasteiger partial charge in [-0.05, 0) is 35.2 Å². The molecular weight excluding hydrogens is 238 g/mol. The summed E-state index contributed by atoms with van der Waals surface area (Å²) in [6.07, 6.45) is 7.46. The molecule has 2 rings (SSSR count). The number of pyridine rings is 2. The van der Waals surface area contributed by atoms with E-state index in [-0.39, 0.29) is 11.8 Å². The molecule has 0 radical (unpaired) electrons. The zero-order valence-corrected chi connectivity index (χ0v) is 10.9. The highest BCUT2D eigenvalue weighted by molar-refractivity contribution is 5.76. The standard InChI is InChI=1S/C15H17N3O/c1-12(14-3-2-6-17-11-14)9-15(19)18-10-13-4-7-16-8-5-13/h2-8,11-12H,9-10H2,1H3,(H,18,19). The largest absolute Gasteiger partial charge is 0.352 e. The monoisotopic (exact) mass is 255 g/mol. The van der Waals surface area contributed by atoms with Crippen LogP contribution in [0, 0.1) is 0 Å². The minimum absolute atomic E-state index is 0.0492. The summed E-state index contributed by atoms with van der Waals surface area (Å²) in [5.41, 5.74) is 2.14. The Morgan fingerprint density at radius 1 is 1.21 bits per heavy atom. The average molecular weight is 255 g/mol. The number of nitrogens with one attached hydrogen (secondary N) is 1. The summed E-state index contributed by atoms with van der Waals surface area (Å²) in [5, 5.41) is 2.91. The fraction of sp³-hybridized carbons (Fsp3) is 0.267. The van der Waals surface area contributed by atoms with Crippen LogP contribution in [-0.2, 0) is 11.3 Å². The average Bonchev–Trinajstić information content (AvgIpc) is 2.47. The molecule has 0 spiro atoms. The van der Waals surface area contributed by atoms with Crippen LogP contribution < -0.4 is 5.32 Å². The van der Waals surface area contributed by atoms with Gasteiger partial charge in [0.2, 0.25) is 5.91 Å². The highest BCUT2D eigenvalue weighted by Crippen LogP contribution is 2.17. The van der Waals surface area contributed by atoms with E-state index >= 15 is 0 Å². The van der Waals surface area contributed by atoms with Gasteiger partial charge < -0.3 is 5.32 Å². The Bertz CT molecular complexity index is 513. The second-order valence-corrected chi connectivity index (χ2v) is 4.52. The lowest BCUT2D eigenvalue weighted by molar-refractivity contribution is -0.121. The molecule has 1 N–H and O–H groups in total. The van der Waals surface area contributed by atoms with Crippen molar-refractivity contribution in [3.05, 3.63) is 60.2 Å². The van der Waals surface area contributed by atoms with Crippen LogP contribution in [0.25, 0.3) is 0 Å². The van der Waals surface area contributed by atoms with Crippen LogP contribution in [0.4, 0.5) is 0 Å². The number of aromatic nitrogens is 2. The Kier molecular flexibility index (Phi) is 4.61. The third-order valence-electron chi connectivity index (χ3n) is 2.98. The van der Waals surface area contributed by atoms with Crippen molar-refractivity contribution in [3.8, 4) is 0 Å². The Hall–Kier alpha value is -2.23. The van der Waals surface area contributed by atoms with Crippen molar-refractivity contribution >= 4 is 5.91 Å². The lowest BCUT2D eigenvalue weighted by atomic mass is 9.99. The molecule has 1 amide bonds. The number of carbonyl (C=O) groups excluding carboxylic acids is 1. The molecule has 2 aromatic rings. The van der Waals surface area contributed by atoms with Gasteiger partial charge in [-0.15, -0.1) is 0 Å². The van der Waals surface area contributed by atoms with Gasteiger partial charge in [-0.3, -0.25) is 14.8 Å². The molecule has 0 aliphatic rings. The maximum absolute atomic E-state index is 11.9. The van der Waals surface area contributed by atoms with Crippen molar-refractivity contribution in [1.82, 2.24) is 15.3 Å². The third-order valence-corrected chi connectivity index (χ3v) is 2.98. The van der Waals surface area contributed by atoms with Gasteiger partial charge >= 0.3 is 0 Å². The van der Waals surface area contributed by atoms with Crippen LogP contribution in [0.2, 0.25) is 0 Å². The maximum Gasteiger partial charge on any atom is 0.220 e. The summed E-state index contributed by atoms with van der Waals surface area (Å²) in [4.78, 5) is 19.9. The lowest BCUT2D eigenvalue weighted by Gasteiger charge is -2.11. The molecule has 1 atom stereocenters. The van der Waals surface area contributed by atoms with Gasteiger partial charge in [0.15, 0.2) is 0 Å². The van der Waals surface area contributed by atoms with E-state index in [1.807, 2.05) is 31.2 Å². The maximum atomic E-state index is 11.9. The minimum Gasteiger partial charge on any atom is -0.352 e. The fourth-order valence-electron chi connectivity index (χ4n) is 1.84. The van der Waals surface area contributed by atoms with Gasteiger partial charge in [-0.2, -0.15) is 0 Å². The first kappa shape index (κ1) is 13.2. The summed E-state index contributed by atoms with van der Waals surface area (Å²) >= 11 is 0. The number of amides is 1. The highest BCUT2D eigenvalue weighted by atomic mass is 16.1. The van der Waals surface area contributed by atoms with E-state index in [2.05, 4.69) is 15.3 Å². The van der Waals surface area contributed by atoms with E-state index in [4.69, 9.17) is 0 Å². The van der Waals surface area contributed by atoms with Gasteiger partial charge in [0.05, 0.1) is 0 Å². The van der Waals surface area contributed by atoms with Crippen molar-refractivity contribution in [3.63, 3.8) is 0 Å². The molecule has 0 saturated carbocycles. The molecule has 19 heavy (non-hydrogen) atoms. The van der Waals surface area contributed by atoms with Crippen LogP contribution in [0.3, 0.4) is 0 Å². The Morgan fingerprint density at radius 3 is 2.68 bits per heavy atom. The molecule has 2 heterocycles. The van der Waals surface area contributed by atoms with E-state index < -0.39 is 0 Å². The van der Waals surface area contributed by atoms with E-state index in [9.17, 15) is 4.79 Å². The molecule has 4 heteroatoms. The van der Waals surface area contributed by atoms with Gasteiger partial charge in [-0.1, -0.05) is 13.0 Å². The third kappa shape index (κ3) is 4.17. The van der Waals surface area contributed by atoms with E-state index in [1.54, 1.807) is 24.8 Å². The Balaban J connectivity index is 1.82. The normalized spacial score (nSPS) is 11.8. The zero-order valence-electron chi connectivity index (χ0n) is 10.9. The van der Waals surface area contributed by atoms with E-state index in [0.717, 1.165) is 11.1 Å². The van der Waals surface area contributed by atoms with Crippen molar-refractivity contribution in [2.24, 2.45) is 0 Å². The number of hydrogen-bond donors (Lipinski definition) is 1. The number of carbonyl (C=O) groups is 1. The van der Waals surface area contributed by atoms with Crippen LogP contribution in [0.5, 0.6) is 0 Å². The number of rotatable bonds is 5. The Labute approximate surface area is 112 Å². The molecule has 2 aromatic heterocycles. The summed E-state index contributed by atoms with van der Waals surface area (Å²) < 4.78 is 0. The summed E-state index contributed by atoms with van der Waals surface area (Å²) in [5.74, 6) is 0.222. The summed E-state index contributed by atoms with van der Waals surface area (Å²) in [7, 11) is 0. The van der Waals surface area contributed by atoms with Crippen molar-refractivity contribution < 1.29 is 4.79 Å². The molecule has 0 aliphatic carbocycles. The summed E-state index contributed by atoms with van der Waals surface area (Å²) in [6.45, 7) is 2.57. The lowest BCUT2D eigenvalue weighted by Crippen LogP contribution is -2.24. The fourth-order valence-corrected chi connectivity index (χ4v) is 1.84. The van der Waals surface area contributed by atoms with Crippen LogP contribution in [-0.4, -0.2) is 15.9 Å². The Morgan fingerprint density at radius 2 is 2.00 bits per heavy atom. The van der Waals surface area contributed by atoms with Gasteiger partial charge in [0, 0.05) is 37.8 Å². The van der Waals surface area contributed by atoms with Crippen molar-refractivity contribution in [2.75, 3.05) is 0 Å². The van der Waals surface area contributed by atoms with E-state index in [0.29, 0.717) is 13.0 Å². The number of hydrogen-bond acceptors (Lipinski definition) is 3.